The molecular weight excluding hydrogens is 380 g/mol. The van der Waals surface area contributed by atoms with Crippen molar-refractivity contribution >= 4 is 23.0 Å². The maximum absolute atomic E-state index is 14.5. The van der Waals surface area contributed by atoms with Crippen LogP contribution in [0.25, 0.3) is 0 Å². The molecule has 3 heterocycles. The number of aryl methyl sites for hydroxylation is 1. The van der Waals surface area contributed by atoms with Crippen LogP contribution in [0, 0.1) is 11.6 Å². The van der Waals surface area contributed by atoms with E-state index in [0.717, 1.165) is 55.7 Å². The molecule has 2 aliphatic heterocycles. The number of carbonyl (C=O) groups excluding carboxylic acids is 1. The van der Waals surface area contributed by atoms with Crippen LogP contribution in [-0.4, -0.2) is 29.2 Å². The standard InChI is InChI=1S/C21H21F2N3OS/c22-14-5-6-16(23)15(11-14)18-12-21(8-1-3-13-7-10-28-19(13)21)26(25-18)20(27)17-4-2-9-24-17/h5-7,10-11,17,24H,1-4,8-9,12H2. The predicted molar refractivity (Wildman–Crippen MR) is 104 cm³/mol. The van der Waals surface area contributed by atoms with Gasteiger partial charge in [0.05, 0.1) is 11.8 Å². The van der Waals surface area contributed by atoms with Crippen LogP contribution in [0.3, 0.4) is 0 Å². The number of thiophene rings is 1. The molecule has 1 N–H and O–H groups in total. The van der Waals surface area contributed by atoms with E-state index in [1.54, 1.807) is 16.3 Å². The summed E-state index contributed by atoms with van der Waals surface area (Å²) in [5.41, 5.74) is 1.25. The summed E-state index contributed by atoms with van der Waals surface area (Å²) in [4.78, 5) is 14.5. The summed E-state index contributed by atoms with van der Waals surface area (Å²) < 4.78 is 28.3. The van der Waals surface area contributed by atoms with Gasteiger partial charge in [0.25, 0.3) is 5.91 Å². The van der Waals surface area contributed by atoms with Crippen LogP contribution in [0.2, 0.25) is 0 Å². The number of hydrogen-bond acceptors (Lipinski definition) is 4. The molecule has 0 radical (unpaired) electrons. The Morgan fingerprint density at radius 1 is 1.29 bits per heavy atom. The Morgan fingerprint density at radius 3 is 3.00 bits per heavy atom. The summed E-state index contributed by atoms with van der Waals surface area (Å²) in [5, 5.41) is 11.5. The van der Waals surface area contributed by atoms with Crippen LogP contribution in [0.15, 0.2) is 34.7 Å². The van der Waals surface area contributed by atoms with Gasteiger partial charge in [-0.2, -0.15) is 5.10 Å². The van der Waals surface area contributed by atoms with E-state index in [0.29, 0.717) is 12.1 Å². The second-order valence-corrected chi connectivity index (χ2v) is 8.72. The van der Waals surface area contributed by atoms with Gasteiger partial charge in [-0.15, -0.1) is 11.3 Å². The smallest absolute Gasteiger partial charge is 0.260 e. The van der Waals surface area contributed by atoms with E-state index >= 15 is 0 Å². The molecule has 1 aliphatic carbocycles. The van der Waals surface area contributed by atoms with E-state index in [2.05, 4.69) is 21.9 Å². The van der Waals surface area contributed by atoms with Gasteiger partial charge in [0.15, 0.2) is 0 Å². The second kappa shape index (κ2) is 6.74. The molecule has 0 saturated carbocycles. The molecule has 2 unspecified atom stereocenters. The van der Waals surface area contributed by atoms with Crippen LogP contribution in [0.4, 0.5) is 8.78 Å². The third-order valence-electron chi connectivity index (χ3n) is 6.10. The van der Waals surface area contributed by atoms with E-state index < -0.39 is 17.2 Å². The maximum atomic E-state index is 14.5. The van der Waals surface area contributed by atoms with E-state index in [9.17, 15) is 13.6 Å². The largest absolute Gasteiger partial charge is 0.306 e. The molecule has 3 aliphatic rings. The van der Waals surface area contributed by atoms with Crippen molar-refractivity contribution in [3.8, 4) is 0 Å². The Labute approximate surface area is 166 Å². The first-order chi connectivity index (χ1) is 13.6. The van der Waals surface area contributed by atoms with Gasteiger partial charge in [-0.05, 0) is 73.9 Å². The highest BCUT2D eigenvalue weighted by atomic mass is 32.1. The van der Waals surface area contributed by atoms with Crippen molar-refractivity contribution in [2.75, 3.05) is 6.54 Å². The van der Waals surface area contributed by atoms with Gasteiger partial charge in [-0.3, -0.25) is 4.79 Å². The molecule has 4 nitrogen and oxygen atoms in total. The number of rotatable bonds is 2. The van der Waals surface area contributed by atoms with Crippen LogP contribution in [-0.2, 0) is 16.8 Å². The molecule has 5 rings (SSSR count). The van der Waals surface area contributed by atoms with Crippen molar-refractivity contribution in [1.82, 2.24) is 10.3 Å². The van der Waals surface area contributed by atoms with Crippen LogP contribution >= 0.6 is 11.3 Å². The number of nitrogens with zero attached hydrogens (tertiary/aromatic N) is 2. The van der Waals surface area contributed by atoms with Crippen LogP contribution in [0.5, 0.6) is 0 Å². The van der Waals surface area contributed by atoms with E-state index in [4.69, 9.17) is 0 Å². The first-order valence-electron chi connectivity index (χ1n) is 9.76. The highest BCUT2D eigenvalue weighted by molar-refractivity contribution is 7.10. The molecule has 1 spiro atoms. The van der Waals surface area contributed by atoms with E-state index in [1.165, 1.54) is 11.6 Å². The van der Waals surface area contributed by atoms with Gasteiger partial charge < -0.3 is 5.32 Å². The van der Waals surface area contributed by atoms with Crippen molar-refractivity contribution in [3.63, 3.8) is 0 Å². The lowest BCUT2D eigenvalue weighted by Crippen LogP contribution is -2.50. The molecular formula is C21H21F2N3OS. The molecule has 2 aromatic rings. The minimum absolute atomic E-state index is 0.0643. The second-order valence-electron chi connectivity index (χ2n) is 7.81. The number of benzene rings is 1. The number of hydrogen-bond donors (Lipinski definition) is 1. The summed E-state index contributed by atoms with van der Waals surface area (Å²) in [6.45, 7) is 0.816. The fraction of sp³-hybridized carbons (Fsp3) is 0.429. The molecule has 1 fully saturated rings. The lowest BCUT2D eigenvalue weighted by atomic mass is 9.78. The molecule has 1 aromatic heterocycles. The quantitative estimate of drug-likeness (QED) is 0.828. The van der Waals surface area contributed by atoms with Crippen LogP contribution in [0.1, 0.15) is 48.1 Å². The van der Waals surface area contributed by atoms with Crippen molar-refractivity contribution in [3.05, 3.63) is 57.3 Å². The lowest BCUT2D eigenvalue weighted by molar-refractivity contribution is -0.139. The molecule has 7 heteroatoms. The van der Waals surface area contributed by atoms with Crippen LogP contribution < -0.4 is 5.32 Å². The fourth-order valence-corrected chi connectivity index (χ4v) is 5.94. The highest BCUT2D eigenvalue weighted by Crippen LogP contribution is 2.49. The summed E-state index contributed by atoms with van der Waals surface area (Å²) in [6.07, 6.45) is 4.86. The maximum Gasteiger partial charge on any atom is 0.260 e. The summed E-state index contributed by atoms with van der Waals surface area (Å²) in [5.74, 6) is -1.08. The minimum atomic E-state index is -0.586. The SMILES string of the molecule is O=C(C1CCCN1)N1N=C(c2cc(F)ccc2F)CC12CCCc1ccsc12. The fourth-order valence-electron chi connectivity index (χ4n) is 4.77. The van der Waals surface area contributed by atoms with Crippen molar-refractivity contribution in [1.29, 1.82) is 0 Å². The molecule has 0 bridgehead atoms. The van der Waals surface area contributed by atoms with Gasteiger partial charge in [-0.1, -0.05) is 0 Å². The van der Waals surface area contributed by atoms with Crippen molar-refractivity contribution < 1.29 is 13.6 Å². The topological polar surface area (TPSA) is 44.7 Å². The highest BCUT2D eigenvalue weighted by Gasteiger charge is 2.51. The average Bonchev–Trinajstić information content (AvgIpc) is 3.43. The summed E-state index contributed by atoms with van der Waals surface area (Å²) in [7, 11) is 0. The summed E-state index contributed by atoms with van der Waals surface area (Å²) in [6, 6.07) is 5.26. The lowest BCUT2D eigenvalue weighted by Gasteiger charge is -2.40. The van der Waals surface area contributed by atoms with E-state index in [1.807, 2.05) is 0 Å². The first kappa shape index (κ1) is 17.9. The molecule has 28 heavy (non-hydrogen) atoms. The Bertz CT molecular complexity index is 966. The number of halogens is 2. The molecule has 1 aromatic carbocycles. The number of nitrogens with one attached hydrogen (secondary N) is 1. The molecule has 1 amide bonds. The Kier molecular flexibility index (Phi) is 4.32. The third kappa shape index (κ3) is 2.71. The predicted octanol–water partition coefficient (Wildman–Crippen LogP) is 3.95. The van der Waals surface area contributed by atoms with Crippen molar-refractivity contribution in [2.45, 2.75) is 50.1 Å². The van der Waals surface area contributed by atoms with E-state index in [-0.39, 0.29) is 17.5 Å². The Balaban J connectivity index is 1.62. The number of amides is 1. The van der Waals surface area contributed by atoms with Gasteiger partial charge >= 0.3 is 0 Å². The van der Waals surface area contributed by atoms with Crippen molar-refractivity contribution in [2.24, 2.45) is 5.10 Å². The normalized spacial score (nSPS) is 26.6. The zero-order valence-corrected chi connectivity index (χ0v) is 16.2. The monoisotopic (exact) mass is 401 g/mol. The number of carbonyl (C=O) groups is 1. The number of fused-ring (bicyclic) bond motifs is 2. The first-order valence-corrected chi connectivity index (χ1v) is 10.6. The van der Waals surface area contributed by atoms with Gasteiger partial charge in [0.1, 0.15) is 17.2 Å². The zero-order chi connectivity index (χ0) is 19.3. The minimum Gasteiger partial charge on any atom is -0.306 e. The Morgan fingerprint density at radius 2 is 2.18 bits per heavy atom. The molecule has 1 saturated heterocycles. The Hall–Kier alpha value is -2.12. The van der Waals surface area contributed by atoms with Gasteiger partial charge in [0, 0.05) is 16.9 Å². The summed E-state index contributed by atoms with van der Waals surface area (Å²) >= 11 is 1.63. The zero-order valence-electron chi connectivity index (χ0n) is 15.4. The van der Waals surface area contributed by atoms with Gasteiger partial charge in [0.2, 0.25) is 0 Å². The molecule has 146 valence electrons. The van der Waals surface area contributed by atoms with Gasteiger partial charge in [-0.25, -0.2) is 13.8 Å². The third-order valence-corrected chi connectivity index (χ3v) is 7.25. The number of hydrazone groups is 1. The molecule has 2 atom stereocenters. The average molecular weight is 401 g/mol.